The molecule has 3 N–H and O–H groups in total. The van der Waals surface area contributed by atoms with Crippen LogP contribution in [-0.2, 0) is 18.0 Å². The third-order valence-electron chi connectivity index (χ3n) is 5.06. The number of ether oxygens (including phenoxy) is 4. The van der Waals surface area contributed by atoms with Gasteiger partial charge in [-0.25, -0.2) is 0 Å². The molecule has 3 aromatic rings. The second-order valence-electron chi connectivity index (χ2n) is 6.96. The lowest BCUT2D eigenvalue weighted by atomic mass is 9.84. The van der Waals surface area contributed by atoms with E-state index in [2.05, 4.69) is 16.3 Å². The highest BCUT2D eigenvalue weighted by Gasteiger charge is 2.35. The Morgan fingerprint density at radius 1 is 1.13 bits per heavy atom. The van der Waals surface area contributed by atoms with E-state index >= 15 is 0 Å². The lowest BCUT2D eigenvalue weighted by molar-refractivity contribution is 0.180. The van der Waals surface area contributed by atoms with Crippen LogP contribution in [0.3, 0.4) is 0 Å². The Bertz CT molecular complexity index is 1150. The molecule has 0 amide bonds. The van der Waals surface area contributed by atoms with Crippen LogP contribution in [-0.4, -0.2) is 24.4 Å². The van der Waals surface area contributed by atoms with Gasteiger partial charge in [0, 0.05) is 7.11 Å². The third kappa shape index (κ3) is 3.91. The summed E-state index contributed by atoms with van der Waals surface area (Å²) in [5, 5.41) is 16.9. The molecule has 0 bridgehead atoms. The number of nitrogens with zero attached hydrogens (tertiary/aromatic N) is 2. The summed E-state index contributed by atoms with van der Waals surface area (Å²) in [6.07, 6.45) is 0. The summed E-state index contributed by atoms with van der Waals surface area (Å²) in [7, 11) is 3.16. The molecule has 0 aliphatic carbocycles. The van der Waals surface area contributed by atoms with E-state index in [1.807, 2.05) is 48.5 Å². The zero-order valence-electron chi connectivity index (χ0n) is 17.2. The van der Waals surface area contributed by atoms with E-state index in [4.69, 9.17) is 24.7 Å². The molecule has 1 aliphatic rings. The van der Waals surface area contributed by atoms with E-state index in [1.165, 1.54) is 0 Å². The van der Waals surface area contributed by atoms with Crippen molar-refractivity contribution in [3.8, 4) is 23.4 Å². The Balaban J connectivity index is 1.71. The summed E-state index contributed by atoms with van der Waals surface area (Å²) in [5.74, 6) is 1.03. The predicted octanol–water partition coefficient (Wildman–Crippen LogP) is 3.36. The maximum Gasteiger partial charge on any atom is 0.244 e. The average molecular weight is 418 g/mol. The fourth-order valence-corrected chi connectivity index (χ4v) is 3.61. The van der Waals surface area contributed by atoms with Crippen LogP contribution in [0.2, 0.25) is 0 Å². The molecular formula is C23H22N4O4. The van der Waals surface area contributed by atoms with Crippen molar-refractivity contribution in [2.45, 2.75) is 19.1 Å². The fraction of sp³-hybridized carbons (Fsp3) is 0.217. The third-order valence-corrected chi connectivity index (χ3v) is 5.06. The number of methoxy groups -OCH3 is 2. The number of allylic oxidation sites excluding steroid dienone is 1. The molecule has 0 unspecified atom stereocenters. The monoisotopic (exact) mass is 418 g/mol. The summed E-state index contributed by atoms with van der Waals surface area (Å²) in [5.41, 5.74) is 9.60. The van der Waals surface area contributed by atoms with Crippen LogP contribution in [0.4, 0.5) is 0 Å². The maximum absolute atomic E-state index is 9.78. The molecule has 1 aliphatic heterocycles. The van der Waals surface area contributed by atoms with Crippen LogP contribution in [0.25, 0.3) is 0 Å². The van der Waals surface area contributed by atoms with Gasteiger partial charge in [-0.15, -0.1) is 5.10 Å². The second kappa shape index (κ2) is 8.81. The number of aromatic amines is 1. The van der Waals surface area contributed by atoms with E-state index in [0.717, 1.165) is 11.1 Å². The van der Waals surface area contributed by atoms with Gasteiger partial charge in [-0.05, 0) is 23.3 Å². The topological polar surface area (TPSA) is 115 Å². The number of rotatable bonds is 7. The Hall–Kier alpha value is -3.96. The number of aromatic nitrogens is 2. The second-order valence-corrected chi connectivity index (χ2v) is 6.96. The predicted molar refractivity (Wildman–Crippen MR) is 112 cm³/mol. The number of fused-ring (bicyclic) bond motifs is 1. The zero-order valence-corrected chi connectivity index (χ0v) is 17.2. The van der Waals surface area contributed by atoms with Gasteiger partial charge in [0.15, 0.2) is 11.5 Å². The van der Waals surface area contributed by atoms with Crippen molar-refractivity contribution >= 4 is 0 Å². The van der Waals surface area contributed by atoms with Gasteiger partial charge in [0.1, 0.15) is 18.2 Å². The number of benzene rings is 2. The molecule has 4 rings (SSSR count). The van der Waals surface area contributed by atoms with Crippen LogP contribution in [0.5, 0.6) is 17.4 Å². The number of nitrogens with one attached hydrogen (secondary N) is 1. The van der Waals surface area contributed by atoms with E-state index in [0.29, 0.717) is 40.8 Å². The molecule has 1 atom stereocenters. The van der Waals surface area contributed by atoms with Gasteiger partial charge in [0.05, 0.1) is 30.9 Å². The van der Waals surface area contributed by atoms with Crippen molar-refractivity contribution in [3.63, 3.8) is 0 Å². The van der Waals surface area contributed by atoms with Gasteiger partial charge in [-0.3, -0.25) is 5.10 Å². The molecule has 0 saturated carbocycles. The Morgan fingerprint density at radius 2 is 1.94 bits per heavy atom. The molecule has 2 aromatic carbocycles. The van der Waals surface area contributed by atoms with Crippen molar-refractivity contribution in [3.05, 3.63) is 82.4 Å². The standard InChI is InChI=1S/C23H22N4O4/c1-28-13-17-21-20(16(11-24)22(25)31-23(21)27-26-17)15-8-9-18(19(10-15)29-2)30-12-14-6-4-3-5-7-14/h3-10,20H,12-13,25H2,1-2H3,(H,26,27)/t20-/m0/s1. The number of hydrogen-bond donors (Lipinski definition) is 2. The Labute approximate surface area is 179 Å². The molecular weight excluding hydrogens is 396 g/mol. The van der Waals surface area contributed by atoms with Gasteiger partial charge in [-0.2, -0.15) is 5.26 Å². The summed E-state index contributed by atoms with van der Waals surface area (Å²) < 4.78 is 22.4. The van der Waals surface area contributed by atoms with Crippen LogP contribution >= 0.6 is 0 Å². The van der Waals surface area contributed by atoms with Gasteiger partial charge in [-0.1, -0.05) is 36.4 Å². The first-order valence-electron chi connectivity index (χ1n) is 9.64. The number of nitriles is 1. The first-order valence-corrected chi connectivity index (χ1v) is 9.64. The van der Waals surface area contributed by atoms with Gasteiger partial charge in [0.2, 0.25) is 11.8 Å². The highest BCUT2D eigenvalue weighted by atomic mass is 16.5. The molecule has 2 heterocycles. The summed E-state index contributed by atoms with van der Waals surface area (Å²) in [4.78, 5) is 0. The number of H-pyrrole nitrogens is 1. The minimum absolute atomic E-state index is 0.0267. The number of nitrogens with two attached hydrogens (primary N) is 1. The van der Waals surface area contributed by atoms with E-state index < -0.39 is 5.92 Å². The van der Waals surface area contributed by atoms with Crippen LogP contribution in [0.1, 0.15) is 28.3 Å². The molecule has 0 saturated heterocycles. The highest BCUT2D eigenvalue weighted by molar-refractivity contribution is 5.57. The summed E-state index contributed by atoms with van der Waals surface area (Å²) in [6.45, 7) is 0.699. The first-order chi connectivity index (χ1) is 15.2. The molecule has 8 heteroatoms. The molecule has 158 valence electrons. The molecule has 1 aromatic heterocycles. The highest BCUT2D eigenvalue weighted by Crippen LogP contribution is 2.44. The molecule has 8 nitrogen and oxygen atoms in total. The molecule has 31 heavy (non-hydrogen) atoms. The normalized spacial score (nSPS) is 15.1. The van der Waals surface area contributed by atoms with Gasteiger partial charge in [0.25, 0.3) is 0 Å². The maximum atomic E-state index is 9.78. The van der Waals surface area contributed by atoms with Crippen molar-refractivity contribution in [2.75, 3.05) is 14.2 Å². The smallest absolute Gasteiger partial charge is 0.244 e. The SMILES string of the molecule is COCc1[nH]nc2c1[C@@H](c1ccc(OCc3ccccc3)c(OC)c1)C(C#N)=C(N)O2. The van der Waals surface area contributed by atoms with Crippen LogP contribution < -0.4 is 19.9 Å². The van der Waals surface area contributed by atoms with Crippen molar-refractivity contribution in [2.24, 2.45) is 5.73 Å². The summed E-state index contributed by atoms with van der Waals surface area (Å²) >= 11 is 0. The lowest BCUT2D eigenvalue weighted by Gasteiger charge is -2.24. The van der Waals surface area contributed by atoms with Crippen LogP contribution in [0, 0.1) is 11.3 Å². The number of hydrogen-bond acceptors (Lipinski definition) is 7. The first kappa shape index (κ1) is 20.3. The minimum atomic E-state index is -0.477. The van der Waals surface area contributed by atoms with Crippen molar-refractivity contribution < 1.29 is 18.9 Å². The fourth-order valence-electron chi connectivity index (χ4n) is 3.61. The van der Waals surface area contributed by atoms with E-state index in [1.54, 1.807) is 14.2 Å². The van der Waals surface area contributed by atoms with E-state index in [9.17, 15) is 5.26 Å². The van der Waals surface area contributed by atoms with E-state index in [-0.39, 0.29) is 12.5 Å². The van der Waals surface area contributed by atoms with Crippen molar-refractivity contribution in [1.82, 2.24) is 10.2 Å². The Kier molecular flexibility index (Phi) is 5.78. The summed E-state index contributed by atoms with van der Waals surface area (Å²) in [6, 6.07) is 17.6. The minimum Gasteiger partial charge on any atom is -0.493 e. The van der Waals surface area contributed by atoms with Gasteiger partial charge >= 0.3 is 0 Å². The van der Waals surface area contributed by atoms with Gasteiger partial charge < -0.3 is 24.7 Å². The Morgan fingerprint density at radius 3 is 2.65 bits per heavy atom. The lowest BCUT2D eigenvalue weighted by Crippen LogP contribution is -2.21. The molecule has 0 fully saturated rings. The van der Waals surface area contributed by atoms with Crippen LogP contribution in [0.15, 0.2) is 60.0 Å². The quantitative estimate of drug-likeness (QED) is 0.604. The molecule has 0 spiro atoms. The van der Waals surface area contributed by atoms with Crippen molar-refractivity contribution in [1.29, 1.82) is 5.26 Å². The average Bonchev–Trinajstić information content (AvgIpc) is 3.19. The molecule has 0 radical (unpaired) electrons. The zero-order chi connectivity index (χ0) is 21.8. The largest absolute Gasteiger partial charge is 0.493 e.